The Balaban J connectivity index is 2.65. The van der Waals surface area contributed by atoms with Crippen LogP contribution in [0.1, 0.15) is 5.56 Å². The summed E-state index contributed by atoms with van der Waals surface area (Å²) in [6.07, 6.45) is 4.85. The number of esters is 2. The maximum atomic E-state index is 12.9. The molecule has 17 heavy (non-hydrogen) atoms. The molecule has 4 nitrogen and oxygen atoms in total. The number of carbonyl (C=O) groups is 2. The van der Waals surface area contributed by atoms with E-state index in [1.165, 1.54) is 19.1 Å². The van der Waals surface area contributed by atoms with Gasteiger partial charge in [0.15, 0.2) is 6.61 Å². The summed E-state index contributed by atoms with van der Waals surface area (Å²) in [6, 6.07) is 3.65. The minimum atomic E-state index is -1.20. The number of hydrogen-bond donors (Lipinski definition) is 0. The highest BCUT2D eigenvalue weighted by molar-refractivity contribution is 6.30. The van der Waals surface area contributed by atoms with Crippen LogP contribution >= 0.6 is 0 Å². The zero-order valence-electron chi connectivity index (χ0n) is 9.03. The van der Waals surface area contributed by atoms with Crippen molar-refractivity contribution in [3.8, 4) is 18.1 Å². The van der Waals surface area contributed by atoms with Gasteiger partial charge in [0.1, 0.15) is 11.6 Å². The molecule has 0 N–H and O–H groups in total. The van der Waals surface area contributed by atoms with Crippen LogP contribution in [0.2, 0.25) is 0 Å². The van der Waals surface area contributed by atoms with Crippen LogP contribution in [0.4, 0.5) is 4.39 Å². The molecule has 0 saturated heterocycles. The number of aryl methyl sites for hydroxylation is 1. The van der Waals surface area contributed by atoms with Crippen molar-refractivity contribution in [2.45, 2.75) is 6.92 Å². The minimum Gasteiger partial charge on any atom is -0.444 e. The van der Waals surface area contributed by atoms with Crippen LogP contribution in [-0.2, 0) is 14.3 Å². The fourth-order valence-electron chi connectivity index (χ4n) is 0.996. The van der Waals surface area contributed by atoms with Gasteiger partial charge < -0.3 is 9.47 Å². The van der Waals surface area contributed by atoms with Gasteiger partial charge in [-0.2, -0.15) is 0 Å². The molecular formula is C12H9FO4. The number of rotatable bonds is 2. The third-order valence-corrected chi connectivity index (χ3v) is 1.79. The molecule has 0 amide bonds. The Labute approximate surface area is 97.3 Å². The van der Waals surface area contributed by atoms with Crippen LogP contribution in [0.3, 0.4) is 0 Å². The number of terminal acetylenes is 1. The van der Waals surface area contributed by atoms with Gasteiger partial charge in [-0.05, 0) is 30.7 Å². The first kappa shape index (κ1) is 12.7. The molecule has 0 aliphatic carbocycles. The predicted molar refractivity (Wildman–Crippen MR) is 56.6 cm³/mol. The molecule has 1 aromatic carbocycles. The molecule has 0 atom stereocenters. The lowest BCUT2D eigenvalue weighted by Crippen LogP contribution is -2.23. The number of hydrogen-bond acceptors (Lipinski definition) is 4. The first-order valence-electron chi connectivity index (χ1n) is 4.63. The first-order valence-corrected chi connectivity index (χ1v) is 4.63. The molecule has 0 aromatic heterocycles. The van der Waals surface area contributed by atoms with E-state index in [1.807, 2.05) is 5.92 Å². The second-order valence-electron chi connectivity index (χ2n) is 3.08. The third kappa shape index (κ3) is 3.61. The van der Waals surface area contributed by atoms with E-state index in [1.54, 1.807) is 0 Å². The van der Waals surface area contributed by atoms with Crippen molar-refractivity contribution in [3.05, 3.63) is 29.6 Å². The van der Waals surface area contributed by atoms with Gasteiger partial charge >= 0.3 is 11.9 Å². The number of benzene rings is 1. The largest absolute Gasteiger partial charge is 0.444 e. The Morgan fingerprint density at radius 2 is 2.12 bits per heavy atom. The smallest absolute Gasteiger partial charge is 0.422 e. The summed E-state index contributed by atoms with van der Waals surface area (Å²) < 4.78 is 21.9. The van der Waals surface area contributed by atoms with Crippen molar-refractivity contribution >= 4 is 11.9 Å². The fourth-order valence-corrected chi connectivity index (χ4v) is 0.996. The molecule has 0 saturated carbocycles. The summed E-state index contributed by atoms with van der Waals surface area (Å²) in [5, 5.41) is 0. The van der Waals surface area contributed by atoms with Gasteiger partial charge in [0.2, 0.25) is 0 Å². The van der Waals surface area contributed by atoms with Crippen LogP contribution in [-0.4, -0.2) is 18.5 Å². The Kier molecular flexibility index (Phi) is 4.23. The molecule has 0 spiro atoms. The fraction of sp³-hybridized carbons (Fsp3) is 0.167. The Hall–Kier alpha value is -2.35. The summed E-state index contributed by atoms with van der Waals surface area (Å²) >= 11 is 0. The van der Waals surface area contributed by atoms with Gasteiger partial charge in [0, 0.05) is 0 Å². The molecule has 1 rings (SSSR count). The molecule has 0 radical (unpaired) electrons. The minimum absolute atomic E-state index is 0.0616. The third-order valence-electron chi connectivity index (χ3n) is 1.79. The average molecular weight is 236 g/mol. The number of ether oxygens (including phenoxy) is 2. The molecule has 0 bridgehead atoms. The Morgan fingerprint density at radius 3 is 2.71 bits per heavy atom. The SMILES string of the molecule is C#CCOC(=O)C(=O)Oc1ccc(F)c(C)c1. The molecule has 5 heteroatoms. The average Bonchev–Trinajstić information content (AvgIpc) is 2.30. The molecule has 1 aromatic rings. The zero-order valence-corrected chi connectivity index (χ0v) is 9.03. The number of carbonyl (C=O) groups excluding carboxylic acids is 2. The summed E-state index contributed by atoms with van der Waals surface area (Å²) in [4.78, 5) is 22.1. The van der Waals surface area contributed by atoms with Gasteiger partial charge in [0.05, 0.1) is 0 Å². The number of halogens is 1. The van der Waals surface area contributed by atoms with Crippen LogP contribution in [0.15, 0.2) is 18.2 Å². The van der Waals surface area contributed by atoms with E-state index in [2.05, 4.69) is 9.47 Å². The highest BCUT2D eigenvalue weighted by Crippen LogP contribution is 2.16. The lowest BCUT2D eigenvalue weighted by Gasteiger charge is -2.04. The Morgan fingerprint density at radius 1 is 1.41 bits per heavy atom. The molecular weight excluding hydrogens is 227 g/mol. The van der Waals surface area contributed by atoms with E-state index >= 15 is 0 Å². The van der Waals surface area contributed by atoms with Gasteiger partial charge in [-0.15, -0.1) is 6.42 Å². The molecule has 0 heterocycles. The molecule has 88 valence electrons. The maximum Gasteiger partial charge on any atom is 0.422 e. The van der Waals surface area contributed by atoms with Gasteiger partial charge in [-0.25, -0.2) is 14.0 Å². The van der Waals surface area contributed by atoms with E-state index < -0.39 is 17.8 Å². The quantitative estimate of drug-likeness (QED) is 0.335. The van der Waals surface area contributed by atoms with Gasteiger partial charge in [-0.1, -0.05) is 5.92 Å². The second-order valence-corrected chi connectivity index (χ2v) is 3.08. The van der Waals surface area contributed by atoms with Crippen LogP contribution < -0.4 is 4.74 Å². The second kappa shape index (κ2) is 5.66. The summed E-state index contributed by atoms with van der Waals surface area (Å²) in [5.41, 5.74) is 0.298. The van der Waals surface area contributed by atoms with Crippen molar-refractivity contribution in [1.29, 1.82) is 0 Å². The van der Waals surface area contributed by atoms with Gasteiger partial charge in [0.25, 0.3) is 0 Å². The van der Waals surface area contributed by atoms with Crippen molar-refractivity contribution in [3.63, 3.8) is 0 Å². The predicted octanol–water partition coefficient (Wildman–Crippen LogP) is 1.22. The van der Waals surface area contributed by atoms with Gasteiger partial charge in [-0.3, -0.25) is 0 Å². The lowest BCUT2D eigenvalue weighted by molar-refractivity contribution is -0.161. The summed E-state index contributed by atoms with van der Waals surface area (Å²) in [6.45, 7) is 1.19. The van der Waals surface area contributed by atoms with Crippen LogP contribution in [0.25, 0.3) is 0 Å². The molecule has 0 aliphatic rings. The highest BCUT2D eigenvalue weighted by atomic mass is 19.1. The highest BCUT2D eigenvalue weighted by Gasteiger charge is 2.18. The normalized spacial score (nSPS) is 9.24. The van der Waals surface area contributed by atoms with E-state index in [9.17, 15) is 14.0 Å². The van der Waals surface area contributed by atoms with Crippen LogP contribution in [0.5, 0.6) is 5.75 Å². The van der Waals surface area contributed by atoms with Crippen molar-refractivity contribution in [2.75, 3.05) is 6.61 Å². The monoisotopic (exact) mass is 236 g/mol. The zero-order chi connectivity index (χ0) is 12.8. The summed E-state index contributed by atoms with van der Waals surface area (Å²) in [5.74, 6) is -0.728. The summed E-state index contributed by atoms with van der Waals surface area (Å²) in [7, 11) is 0. The maximum absolute atomic E-state index is 12.9. The molecule has 0 unspecified atom stereocenters. The van der Waals surface area contributed by atoms with E-state index in [0.717, 1.165) is 6.07 Å². The van der Waals surface area contributed by atoms with E-state index in [4.69, 9.17) is 6.42 Å². The lowest BCUT2D eigenvalue weighted by atomic mass is 10.2. The molecule has 0 aliphatic heterocycles. The first-order chi connectivity index (χ1) is 8.04. The van der Waals surface area contributed by atoms with Crippen molar-refractivity contribution in [2.24, 2.45) is 0 Å². The molecule has 0 fully saturated rings. The van der Waals surface area contributed by atoms with E-state index in [0.29, 0.717) is 5.56 Å². The van der Waals surface area contributed by atoms with Crippen molar-refractivity contribution in [1.82, 2.24) is 0 Å². The van der Waals surface area contributed by atoms with Crippen molar-refractivity contribution < 1.29 is 23.5 Å². The Bertz CT molecular complexity index is 488. The standard InChI is InChI=1S/C12H9FO4/c1-3-6-16-11(14)12(15)17-9-4-5-10(13)8(2)7-9/h1,4-5,7H,6H2,2H3. The topological polar surface area (TPSA) is 52.6 Å². The van der Waals surface area contributed by atoms with Crippen LogP contribution in [0, 0.1) is 25.1 Å². The van der Waals surface area contributed by atoms with E-state index in [-0.39, 0.29) is 12.4 Å².